The maximum atomic E-state index is 10.6. The summed E-state index contributed by atoms with van der Waals surface area (Å²) in [6, 6.07) is 52.7. The van der Waals surface area contributed by atoms with Gasteiger partial charge in [-0.3, -0.25) is 0 Å². The monoisotopic (exact) mass is 883 g/mol. The molecule has 4 heterocycles. The van der Waals surface area contributed by atoms with Crippen LogP contribution in [0.4, 0.5) is 0 Å². The van der Waals surface area contributed by atoms with Gasteiger partial charge in [0, 0.05) is 28.2 Å². The fourth-order valence-corrected chi connectivity index (χ4v) is 11.1. The molecule has 0 saturated carbocycles. The minimum absolute atomic E-state index is 0. The van der Waals surface area contributed by atoms with E-state index in [0.29, 0.717) is 0 Å². The van der Waals surface area contributed by atoms with Crippen molar-refractivity contribution < 1.29 is 27.3 Å². The third kappa shape index (κ3) is 7.02. The molecule has 0 saturated heterocycles. The Labute approximate surface area is 363 Å². The van der Waals surface area contributed by atoms with E-state index >= 15 is 0 Å². The van der Waals surface area contributed by atoms with Crippen LogP contribution >= 0.6 is 45.3 Å². The van der Waals surface area contributed by atoms with E-state index in [-0.39, 0.29) is 28.6 Å². The number of benzene rings is 8. The van der Waals surface area contributed by atoms with E-state index in [0.717, 1.165) is 95.3 Å². The average Bonchev–Trinajstić information content (AvgIpc) is 4.07. The molecular formula is C48H28CuN4O2S4. The molecule has 8 aromatic carbocycles. The number of fused-ring (bicyclic) bond motifs is 6. The first-order valence-electron chi connectivity index (χ1n) is 18.5. The summed E-state index contributed by atoms with van der Waals surface area (Å²) in [5.74, 6) is 0.508. The third-order valence-electron chi connectivity index (χ3n) is 10.0. The molecule has 0 aliphatic carbocycles. The number of thiazole rings is 4. The second-order valence-electron chi connectivity index (χ2n) is 13.8. The number of nitrogens with zero attached hydrogens (tertiary/aromatic N) is 4. The Hall–Kier alpha value is -6.04. The van der Waals surface area contributed by atoms with Crippen LogP contribution in [-0.4, -0.2) is 30.1 Å². The number of hydrogen-bond acceptors (Lipinski definition) is 10. The molecule has 59 heavy (non-hydrogen) atoms. The number of para-hydroxylation sites is 4. The zero-order valence-corrected chi connectivity index (χ0v) is 34.8. The van der Waals surface area contributed by atoms with Crippen molar-refractivity contribution in [3.05, 3.63) is 158 Å². The van der Waals surface area contributed by atoms with Crippen molar-refractivity contribution >= 4 is 108 Å². The van der Waals surface area contributed by atoms with Gasteiger partial charge < -0.3 is 10.2 Å². The Bertz CT molecular complexity index is 3170. The first kappa shape index (κ1) is 37.2. The van der Waals surface area contributed by atoms with Gasteiger partial charge in [-0.2, -0.15) is 0 Å². The molecule has 287 valence electrons. The van der Waals surface area contributed by atoms with Crippen molar-refractivity contribution in [2.45, 2.75) is 0 Å². The van der Waals surface area contributed by atoms with Crippen LogP contribution in [0.15, 0.2) is 158 Å². The molecule has 1 radical (unpaired) electrons. The molecule has 0 aliphatic heterocycles. The number of rotatable bonds is 4. The molecule has 12 rings (SSSR count). The fraction of sp³-hybridized carbons (Fsp3) is 0. The molecule has 4 aromatic heterocycles. The van der Waals surface area contributed by atoms with Crippen molar-refractivity contribution in [1.82, 2.24) is 19.9 Å². The molecule has 0 unspecified atom stereocenters. The minimum Gasteiger partial charge on any atom is -0.507 e. The summed E-state index contributed by atoms with van der Waals surface area (Å²) in [5, 5.41) is 29.0. The van der Waals surface area contributed by atoms with E-state index in [1.54, 1.807) is 45.3 Å². The SMILES string of the molecule is Oc1cc2ccc(-c3nc4ccccc4s3)cc2cc1-c1nc2ccccc2s1.Oc1cc2ccc(-c3nc4ccccc4s3)cc2cc1-c1nc2ccccc2s1.[Cu]. The van der Waals surface area contributed by atoms with Crippen LogP contribution < -0.4 is 0 Å². The molecule has 0 spiro atoms. The van der Waals surface area contributed by atoms with Gasteiger partial charge in [0.15, 0.2) is 0 Å². The van der Waals surface area contributed by atoms with Gasteiger partial charge in [-0.25, -0.2) is 19.9 Å². The number of phenols is 2. The molecule has 0 amide bonds. The maximum Gasteiger partial charge on any atom is 0.128 e. The van der Waals surface area contributed by atoms with E-state index in [9.17, 15) is 10.2 Å². The molecule has 0 aliphatic rings. The van der Waals surface area contributed by atoms with Crippen molar-refractivity contribution in [3.63, 3.8) is 0 Å². The normalized spacial score (nSPS) is 11.4. The van der Waals surface area contributed by atoms with Crippen LogP contribution in [0.1, 0.15) is 0 Å². The first-order valence-corrected chi connectivity index (χ1v) is 21.7. The predicted molar refractivity (Wildman–Crippen MR) is 246 cm³/mol. The summed E-state index contributed by atoms with van der Waals surface area (Å²) < 4.78 is 4.60. The Kier molecular flexibility index (Phi) is 9.65. The molecule has 11 heteroatoms. The van der Waals surface area contributed by atoms with Gasteiger partial charge in [0.1, 0.15) is 31.5 Å². The predicted octanol–water partition coefficient (Wildman–Crippen LogP) is 14.2. The standard InChI is InChI=1S/2C24H14N2OS2.Cu/c2*27-20-13-14-9-10-15(23-25-18-5-1-3-7-21(18)28-23)11-16(14)12-17(20)24-26-19-6-2-4-8-22(19)29-24;/h2*1-13,27H;. The van der Waals surface area contributed by atoms with Crippen LogP contribution in [0.25, 0.3) is 105 Å². The molecule has 2 N–H and O–H groups in total. The maximum absolute atomic E-state index is 10.6. The zero-order valence-electron chi connectivity index (χ0n) is 30.6. The smallest absolute Gasteiger partial charge is 0.128 e. The fourth-order valence-electron chi connectivity index (χ4n) is 7.15. The van der Waals surface area contributed by atoms with Crippen molar-refractivity contribution in [3.8, 4) is 53.8 Å². The largest absolute Gasteiger partial charge is 0.507 e. The van der Waals surface area contributed by atoms with Crippen molar-refractivity contribution in [2.75, 3.05) is 0 Å². The molecule has 0 atom stereocenters. The van der Waals surface area contributed by atoms with Crippen molar-refractivity contribution in [1.29, 1.82) is 0 Å². The topological polar surface area (TPSA) is 92.0 Å². The molecule has 12 aromatic rings. The van der Waals surface area contributed by atoms with Crippen molar-refractivity contribution in [2.24, 2.45) is 0 Å². The molecule has 0 bridgehead atoms. The van der Waals surface area contributed by atoms with E-state index in [4.69, 9.17) is 19.9 Å². The van der Waals surface area contributed by atoms with E-state index in [2.05, 4.69) is 48.5 Å². The molecule has 0 fully saturated rings. The Morgan fingerprint density at radius 3 is 1.00 bits per heavy atom. The van der Waals surface area contributed by atoms with Crippen LogP contribution in [0.3, 0.4) is 0 Å². The number of aromatic hydroxyl groups is 2. The van der Waals surface area contributed by atoms with Crippen LogP contribution in [-0.2, 0) is 17.1 Å². The summed E-state index contributed by atoms with van der Waals surface area (Å²) in [6.45, 7) is 0. The first-order chi connectivity index (χ1) is 28.5. The summed E-state index contributed by atoms with van der Waals surface area (Å²) in [6.07, 6.45) is 0. The van der Waals surface area contributed by atoms with Crippen LogP contribution in [0, 0.1) is 0 Å². The van der Waals surface area contributed by atoms with Gasteiger partial charge in [-0.1, -0.05) is 72.8 Å². The van der Waals surface area contributed by atoms with Crippen LogP contribution in [0.5, 0.6) is 11.5 Å². The van der Waals surface area contributed by atoms with Gasteiger partial charge in [-0.15, -0.1) is 45.3 Å². The second kappa shape index (κ2) is 15.3. The summed E-state index contributed by atoms with van der Waals surface area (Å²) in [5.41, 5.74) is 7.65. The van der Waals surface area contributed by atoms with Gasteiger partial charge in [0.05, 0.1) is 52.0 Å². The molecule has 6 nitrogen and oxygen atoms in total. The minimum atomic E-state index is 0. The Morgan fingerprint density at radius 2 is 0.644 bits per heavy atom. The van der Waals surface area contributed by atoms with E-state index < -0.39 is 0 Å². The van der Waals surface area contributed by atoms with Gasteiger partial charge in [-0.05, 0) is 106 Å². The van der Waals surface area contributed by atoms with Gasteiger partial charge in [0.25, 0.3) is 0 Å². The third-order valence-corrected chi connectivity index (χ3v) is 14.4. The summed E-state index contributed by atoms with van der Waals surface area (Å²) >= 11 is 6.58. The van der Waals surface area contributed by atoms with Gasteiger partial charge >= 0.3 is 0 Å². The van der Waals surface area contributed by atoms with Crippen LogP contribution in [0.2, 0.25) is 0 Å². The zero-order chi connectivity index (χ0) is 38.7. The van der Waals surface area contributed by atoms with E-state index in [1.807, 2.05) is 109 Å². The number of hydrogen-bond donors (Lipinski definition) is 2. The Morgan fingerprint density at radius 1 is 0.322 bits per heavy atom. The second-order valence-corrected chi connectivity index (χ2v) is 17.9. The van der Waals surface area contributed by atoms with E-state index in [1.165, 1.54) is 9.40 Å². The number of phenolic OH excluding ortho intramolecular Hbond substituents is 2. The number of aromatic nitrogens is 4. The average molecular weight is 885 g/mol. The summed E-state index contributed by atoms with van der Waals surface area (Å²) in [4.78, 5) is 19.0. The Balaban J connectivity index is 0.000000140. The summed E-state index contributed by atoms with van der Waals surface area (Å²) in [7, 11) is 0. The quantitative estimate of drug-likeness (QED) is 0.171. The molecular weight excluding hydrogens is 856 g/mol. The van der Waals surface area contributed by atoms with Gasteiger partial charge in [0.2, 0.25) is 0 Å².